The predicted molar refractivity (Wildman–Crippen MR) is 83.4 cm³/mol. The third kappa shape index (κ3) is 2.87. The van der Waals surface area contributed by atoms with Crippen LogP contribution in [0, 0.1) is 13.8 Å². The zero-order valence-electron chi connectivity index (χ0n) is 11.4. The third-order valence-electron chi connectivity index (χ3n) is 2.97. The Morgan fingerprint density at radius 2 is 2.00 bits per heavy atom. The van der Waals surface area contributed by atoms with Crippen LogP contribution in [0.4, 0.5) is 0 Å². The number of carbonyl (C=O) groups is 1. The van der Waals surface area contributed by atoms with E-state index in [2.05, 4.69) is 0 Å². The Morgan fingerprint density at radius 1 is 1.30 bits per heavy atom. The number of thiophene rings is 1. The Bertz CT molecular complexity index is 664. The molecule has 0 unspecified atom stereocenters. The summed E-state index contributed by atoms with van der Waals surface area (Å²) in [5.74, 6) is -0.0314. The lowest BCUT2D eigenvalue weighted by Gasteiger charge is -2.09. The second-order valence-electron chi connectivity index (χ2n) is 4.26. The van der Waals surface area contributed by atoms with Gasteiger partial charge in [0, 0.05) is 10.3 Å². The molecule has 1 aromatic carbocycles. The molecule has 2 rings (SSSR count). The van der Waals surface area contributed by atoms with Gasteiger partial charge < -0.3 is 9.47 Å². The van der Waals surface area contributed by atoms with E-state index in [9.17, 15) is 4.79 Å². The van der Waals surface area contributed by atoms with Gasteiger partial charge in [-0.3, -0.25) is 0 Å². The minimum atomic E-state index is -0.432. The lowest BCUT2D eigenvalue weighted by Crippen LogP contribution is -2.14. The van der Waals surface area contributed by atoms with Crippen LogP contribution in [0.3, 0.4) is 0 Å². The van der Waals surface area contributed by atoms with Crippen molar-refractivity contribution in [2.75, 3.05) is 13.2 Å². The Labute approximate surface area is 131 Å². The number of rotatable bonds is 4. The van der Waals surface area contributed by atoms with Gasteiger partial charge in [-0.15, -0.1) is 11.3 Å². The molecule has 0 saturated carbocycles. The number of fused-ring (bicyclic) bond motifs is 1. The van der Waals surface area contributed by atoms with E-state index >= 15 is 0 Å². The zero-order chi connectivity index (χ0) is 14.9. The summed E-state index contributed by atoms with van der Waals surface area (Å²) in [4.78, 5) is 12.5. The highest BCUT2D eigenvalue weighted by Crippen LogP contribution is 2.43. The maximum absolute atomic E-state index is 11.3. The molecule has 6 heteroatoms. The lowest BCUT2D eigenvalue weighted by atomic mass is 10.1. The van der Waals surface area contributed by atoms with Gasteiger partial charge in [0.2, 0.25) is 0 Å². The number of carbonyl (C=O) groups excluding carboxylic acids is 1. The Kier molecular flexibility index (Phi) is 4.78. The largest absolute Gasteiger partial charge is 0.480 e. The van der Waals surface area contributed by atoms with E-state index in [1.165, 1.54) is 4.88 Å². The fourth-order valence-electron chi connectivity index (χ4n) is 1.83. The number of hydrogen-bond acceptors (Lipinski definition) is 4. The van der Waals surface area contributed by atoms with Crippen molar-refractivity contribution in [3.05, 3.63) is 26.6 Å². The standard InChI is InChI=1S/C14H14Cl2O3S/c1-4-18-11(17)6-19-10-5-9-7(2)8(3)20-14(9)13(16)12(10)15/h5H,4,6H2,1-3H3. The summed E-state index contributed by atoms with van der Waals surface area (Å²) in [5, 5.41) is 1.79. The highest BCUT2D eigenvalue weighted by Gasteiger charge is 2.17. The summed E-state index contributed by atoms with van der Waals surface area (Å²) in [7, 11) is 0. The van der Waals surface area contributed by atoms with Gasteiger partial charge in [-0.05, 0) is 32.4 Å². The molecule has 2 aromatic rings. The quantitative estimate of drug-likeness (QED) is 0.756. The van der Waals surface area contributed by atoms with Crippen LogP contribution in [0.15, 0.2) is 6.07 Å². The molecule has 0 bridgehead atoms. The van der Waals surface area contributed by atoms with Crippen LogP contribution in [0.5, 0.6) is 5.75 Å². The molecule has 0 N–H and O–H groups in total. The van der Waals surface area contributed by atoms with Crippen molar-refractivity contribution in [2.24, 2.45) is 0 Å². The summed E-state index contributed by atoms with van der Waals surface area (Å²) in [6, 6.07) is 1.82. The van der Waals surface area contributed by atoms with Gasteiger partial charge in [-0.25, -0.2) is 4.79 Å². The number of benzene rings is 1. The van der Waals surface area contributed by atoms with Crippen LogP contribution in [-0.4, -0.2) is 19.2 Å². The average Bonchev–Trinajstić information content (AvgIpc) is 2.69. The third-order valence-corrected chi connectivity index (χ3v) is 5.17. The molecule has 0 atom stereocenters. The predicted octanol–water partition coefficient (Wildman–Crippen LogP) is 4.77. The van der Waals surface area contributed by atoms with E-state index in [1.54, 1.807) is 18.3 Å². The SMILES string of the molecule is CCOC(=O)COc1cc2c(C)c(C)sc2c(Cl)c1Cl. The summed E-state index contributed by atoms with van der Waals surface area (Å²) in [6.07, 6.45) is 0. The van der Waals surface area contributed by atoms with E-state index in [0.29, 0.717) is 22.4 Å². The second-order valence-corrected chi connectivity index (χ2v) is 6.24. The van der Waals surface area contributed by atoms with Crippen molar-refractivity contribution >= 4 is 50.6 Å². The first-order valence-corrected chi connectivity index (χ1v) is 7.69. The van der Waals surface area contributed by atoms with Crippen LogP contribution in [0.1, 0.15) is 17.4 Å². The molecular formula is C14H14Cl2O3S. The molecule has 0 fully saturated rings. The van der Waals surface area contributed by atoms with Crippen LogP contribution in [-0.2, 0) is 9.53 Å². The van der Waals surface area contributed by atoms with Crippen LogP contribution < -0.4 is 4.74 Å². The molecule has 108 valence electrons. The summed E-state index contributed by atoms with van der Waals surface area (Å²) in [6.45, 7) is 5.93. The van der Waals surface area contributed by atoms with E-state index in [4.69, 9.17) is 32.7 Å². The van der Waals surface area contributed by atoms with Crippen molar-refractivity contribution in [1.29, 1.82) is 0 Å². The average molecular weight is 333 g/mol. The smallest absolute Gasteiger partial charge is 0.344 e. The van der Waals surface area contributed by atoms with Gasteiger partial charge in [0.15, 0.2) is 6.61 Å². The lowest BCUT2D eigenvalue weighted by molar-refractivity contribution is -0.145. The minimum absolute atomic E-state index is 0.183. The first kappa shape index (κ1) is 15.4. The summed E-state index contributed by atoms with van der Waals surface area (Å²) >= 11 is 14.1. The molecule has 0 aliphatic rings. The number of hydrogen-bond donors (Lipinski definition) is 0. The maximum atomic E-state index is 11.3. The number of ether oxygens (including phenoxy) is 2. The number of esters is 1. The second kappa shape index (κ2) is 6.20. The minimum Gasteiger partial charge on any atom is -0.480 e. The van der Waals surface area contributed by atoms with Gasteiger partial charge in [-0.2, -0.15) is 0 Å². The molecule has 1 aromatic heterocycles. The van der Waals surface area contributed by atoms with Gasteiger partial charge >= 0.3 is 5.97 Å². The zero-order valence-corrected chi connectivity index (χ0v) is 13.7. The monoisotopic (exact) mass is 332 g/mol. The fourth-order valence-corrected chi connectivity index (χ4v) is 3.48. The highest BCUT2D eigenvalue weighted by molar-refractivity contribution is 7.20. The van der Waals surface area contributed by atoms with E-state index in [-0.39, 0.29) is 6.61 Å². The molecule has 0 spiro atoms. The highest BCUT2D eigenvalue weighted by atomic mass is 35.5. The topological polar surface area (TPSA) is 35.5 Å². The van der Waals surface area contributed by atoms with E-state index < -0.39 is 5.97 Å². The molecule has 0 amide bonds. The van der Waals surface area contributed by atoms with Crippen LogP contribution >= 0.6 is 34.5 Å². The molecular weight excluding hydrogens is 319 g/mol. The molecule has 0 saturated heterocycles. The number of aryl methyl sites for hydroxylation is 2. The van der Waals surface area contributed by atoms with Gasteiger partial charge in [-0.1, -0.05) is 23.2 Å². The maximum Gasteiger partial charge on any atom is 0.344 e. The first-order chi connectivity index (χ1) is 9.45. The van der Waals surface area contributed by atoms with Gasteiger partial charge in [0.1, 0.15) is 10.8 Å². The van der Waals surface area contributed by atoms with E-state index in [1.807, 2.05) is 19.9 Å². The summed E-state index contributed by atoms with van der Waals surface area (Å²) in [5.41, 5.74) is 1.14. The van der Waals surface area contributed by atoms with Gasteiger partial charge in [0.25, 0.3) is 0 Å². The van der Waals surface area contributed by atoms with Gasteiger partial charge in [0.05, 0.1) is 16.3 Å². The molecule has 1 heterocycles. The van der Waals surface area contributed by atoms with Crippen molar-refractivity contribution in [3.63, 3.8) is 0 Å². The molecule has 20 heavy (non-hydrogen) atoms. The Balaban J connectivity index is 2.36. The normalized spacial score (nSPS) is 10.8. The summed E-state index contributed by atoms with van der Waals surface area (Å²) < 4.78 is 11.2. The molecule has 0 aliphatic heterocycles. The van der Waals surface area contributed by atoms with Crippen LogP contribution in [0.25, 0.3) is 10.1 Å². The van der Waals surface area contributed by atoms with Crippen molar-refractivity contribution in [3.8, 4) is 5.75 Å². The molecule has 0 aliphatic carbocycles. The number of halogens is 2. The fraction of sp³-hybridized carbons (Fsp3) is 0.357. The Morgan fingerprint density at radius 3 is 2.65 bits per heavy atom. The van der Waals surface area contributed by atoms with Crippen molar-refractivity contribution in [2.45, 2.75) is 20.8 Å². The van der Waals surface area contributed by atoms with Crippen molar-refractivity contribution in [1.82, 2.24) is 0 Å². The Hall–Kier alpha value is -0.970. The molecule has 0 radical (unpaired) electrons. The van der Waals surface area contributed by atoms with E-state index in [0.717, 1.165) is 15.6 Å². The first-order valence-electron chi connectivity index (χ1n) is 6.11. The van der Waals surface area contributed by atoms with Crippen LogP contribution in [0.2, 0.25) is 10.0 Å². The van der Waals surface area contributed by atoms with Crippen molar-refractivity contribution < 1.29 is 14.3 Å². The molecule has 3 nitrogen and oxygen atoms in total.